The molecule has 0 saturated carbocycles. The van der Waals surface area contributed by atoms with Crippen LogP contribution in [0.5, 0.6) is 0 Å². The maximum absolute atomic E-state index is 12.8. The third-order valence-electron chi connectivity index (χ3n) is 4.05. The van der Waals surface area contributed by atoms with Crippen LogP contribution in [0, 0.1) is 0 Å². The van der Waals surface area contributed by atoms with Gasteiger partial charge in [-0.1, -0.05) is 71.9 Å². The molecule has 1 aromatic heterocycles. The molecular weight excluding hydrogens is 314 g/mol. The lowest BCUT2D eigenvalue weighted by Crippen LogP contribution is -2.15. The fraction of sp³-hybridized carbons (Fsp3) is 0. The second-order valence-electron chi connectivity index (χ2n) is 5.60. The molecule has 0 N–H and O–H groups in total. The summed E-state index contributed by atoms with van der Waals surface area (Å²) >= 11 is 0. The molecule has 0 aliphatic heterocycles. The highest BCUT2D eigenvalue weighted by Crippen LogP contribution is 2.30. The predicted octanol–water partition coefficient (Wildman–Crippen LogP) is 4.56. The Labute approximate surface area is 143 Å². The molecule has 120 valence electrons. The molecular formula is C21H13NO3. The average Bonchev–Trinajstić information content (AvgIpc) is 3.11. The first kappa shape index (κ1) is 15.0. The van der Waals surface area contributed by atoms with Gasteiger partial charge in [0.15, 0.2) is 5.58 Å². The fourth-order valence-electron chi connectivity index (χ4n) is 2.81. The topological polar surface area (TPSA) is 60.2 Å². The minimum absolute atomic E-state index is 0.315. The summed E-state index contributed by atoms with van der Waals surface area (Å²) in [6.07, 6.45) is 0. The second-order valence-corrected chi connectivity index (χ2v) is 5.60. The number of hydrogen-bond donors (Lipinski definition) is 0. The quantitative estimate of drug-likeness (QED) is 0.407. The van der Waals surface area contributed by atoms with Crippen LogP contribution in [0.2, 0.25) is 0 Å². The van der Waals surface area contributed by atoms with Gasteiger partial charge in [0.1, 0.15) is 5.69 Å². The summed E-state index contributed by atoms with van der Waals surface area (Å²) in [5.41, 5.74) is 2.46. The van der Waals surface area contributed by atoms with E-state index < -0.39 is 11.6 Å². The summed E-state index contributed by atoms with van der Waals surface area (Å²) in [6, 6.07) is 22.9. The van der Waals surface area contributed by atoms with E-state index in [0.29, 0.717) is 28.0 Å². The third kappa shape index (κ3) is 2.64. The van der Waals surface area contributed by atoms with Crippen LogP contribution >= 0.6 is 0 Å². The molecule has 0 saturated heterocycles. The average molecular weight is 327 g/mol. The number of hydrogen-bond acceptors (Lipinski definition) is 4. The van der Waals surface area contributed by atoms with Crippen LogP contribution in [0.25, 0.3) is 22.2 Å². The second kappa shape index (κ2) is 6.17. The molecule has 0 fully saturated rings. The van der Waals surface area contributed by atoms with Crippen molar-refractivity contribution in [2.24, 2.45) is 0 Å². The van der Waals surface area contributed by atoms with Crippen molar-refractivity contribution in [3.8, 4) is 11.3 Å². The number of Topliss-reactive ketones (excluding diaryl/α,β-unsaturated/α-hetero) is 2. The Balaban J connectivity index is 1.82. The Bertz CT molecular complexity index is 1080. The molecule has 4 aromatic rings. The maximum Gasteiger partial charge on any atom is 0.234 e. The van der Waals surface area contributed by atoms with Crippen molar-refractivity contribution in [2.75, 3.05) is 0 Å². The number of carbonyl (C=O) groups is 2. The van der Waals surface area contributed by atoms with Crippen LogP contribution in [-0.2, 0) is 0 Å². The van der Waals surface area contributed by atoms with Crippen LogP contribution in [0.3, 0.4) is 0 Å². The normalized spacial score (nSPS) is 10.7. The molecule has 0 amide bonds. The summed E-state index contributed by atoms with van der Waals surface area (Å²) in [5.74, 6) is -1.10. The molecule has 4 nitrogen and oxygen atoms in total. The standard InChI is InChI=1S/C21H13NO3/c23-20(14-8-2-1-3-9-14)21(24)16-11-5-4-10-15(16)19-17-12-6-7-13-18(17)25-22-19/h1-13H. The number of para-hydroxylation sites is 1. The number of fused-ring (bicyclic) bond motifs is 1. The molecule has 1 heterocycles. The number of nitrogens with zero attached hydrogens (tertiary/aromatic N) is 1. The van der Waals surface area contributed by atoms with Crippen molar-refractivity contribution in [3.05, 3.63) is 90.0 Å². The van der Waals surface area contributed by atoms with Crippen LogP contribution in [-0.4, -0.2) is 16.7 Å². The largest absolute Gasteiger partial charge is 0.356 e. The zero-order valence-corrected chi connectivity index (χ0v) is 13.2. The van der Waals surface area contributed by atoms with Crippen molar-refractivity contribution >= 4 is 22.5 Å². The Hall–Kier alpha value is -3.53. The summed E-state index contributed by atoms with van der Waals surface area (Å²) in [5, 5.41) is 4.90. The Morgan fingerprint density at radius 1 is 0.720 bits per heavy atom. The molecule has 4 heteroatoms. The van der Waals surface area contributed by atoms with Gasteiger partial charge in [-0.15, -0.1) is 0 Å². The van der Waals surface area contributed by atoms with Crippen molar-refractivity contribution in [1.82, 2.24) is 5.16 Å². The van der Waals surface area contributed by atoms with Gasteiger partial charge in [-0.2, -0.15) is 0 Å². The van der Waals surface area contributed by atoms with Crippen molar-refractivity contribution in [1.29, 1.82) is 0 Å². The van der Waals surface area contributed by atoms with Gasteiger partial charge in [0.2, 0.25) is 11.6 Å². The molecule has 0 unspecified atom stereocenters. The zero-order valence-electron chi connectivity index (χ0n) is 13.2. The number of aromatic nitrogens is 1. The number of rotatable bonds is 4. The summed E-state index contributed by atoms with van der Waals surface area (Å²) in [4.78, 5) is 25.3. The van der Waals surface area contributed by atoms with E-state index in [2.05, 4.69) is 5.16 Å². The van der Waals surface area contributed by atoms with Gasteiger partial charge in [0.25, 0.3) is 0 Å². The first-order valence-electron chi connectivity index (χ1n) is 7.83. The van der Waals surface area contributed by atoms with Crippen molar-refractivity contribution < 1.29 is 14.1 Å². The SMILES string of the molecule is O=C(C(=O)c1ccccc1-c1noc2ccccc12)c1ccccc1. The lowest BCUT2D eigenvalue weighted by molar-refractivity contribution is 0.0817. The van der Waals surface area contributed by atoms with Crippen molar-refractivity contribution in [2.45, 2.75) is 0 Å². The highest BCUT2D eigenvalue weighted by atomic mass is 16.5. The van der Waals surface area contributed by atoms with Crippen LogP contribution in [0.4, 0.5) is 0 Å². The summed E-state index contributed by atoms with van der Waals surface area (Å²) < 4.78 is 5.34. The van der Waals surface area contributed by atoms with Gasteiger partial charge < -0.3 is 4.52 Å². The molecule has 4 rings (SSSR count). The Morgan fingerprint density at radius 3 is 2.24 bits per heavy atom. The first-order valence-corrected chi connectivity index (χ1v) is 7.83. The van der Waals surface area contributed by atoms with E-state index in [0.717, 1.165) is 5.39 Å². The van der Waals surface area contributed by atoms with E-state index in [1.54, 1.807) is 48.5 Å². The Morgan fingerprint density at radius 2 is 1.40 bits per heavy atom. The minimum atomic E-state index is -0.561. The fourth-order valence-corrected chi connectivity index (χ4v) is 2.81. The molecule has 0 bridgehead atoms. The number of ketones is 2. The molecule has 0 spiro atoms. The van der Waals surface area contributed by atoms with Crippen LogP contribution in [0.15, 0.2) is 83.4 Å². The smallest absolute Gasteiger partial charge is 0.234 e. The van der Waals surface area contributed by atoms with Gasteiger partial charge in [0, 0.05) is 22.1 Å². The van der Waals surface area contributed by atoms with Crippen LogP contribution < -0.4 is 0 Å². The highest BCUT2D eigenvalue weighted by Gasteiger charge is 2.23. The van der Waals surface area contributed by atoms with E-state index in [1.165, 1.54) is 0 Å². The van der Waals surface area contributed by atoms with E-state index in [1.807, 2.05) is 30.3 Å². The third-order valence-corrected chi connectivity index (χ3v) is 4.05. The minimum Gasteiger partial charge on any atom is -0.356 e. The predicted molar refractivity (Wildman–Crippen MR) is 94.5 cm³/mol. The van der Waals surface area contributed by atoms with Crippen molar-refractivity contribution in [3.63, 3.8) is 0 Å². The van der Waals surface area contributed by atoms with Gasteiger partial charge in [-0.3, -0.25) is 9.59 Å². The molecule has 0 aliphatic rings. The molecule has 25 heavy (non-hydrogen) atoms. The summed E-state index contributed by atoms with van der Waals surface area (Å²) in [7, 11) is 0. The number of benzene rings is 3. The molecule has 0 radical (unpaired) electrons. The van der Waals surface area contributed by atoms with Gasteiger partial charge in [0.05, 0.1) is 0 Å². The lowest BCUT2D eigenvalue weighted by Gasteiger charge is -2.06. The Kier molecular flexibility index (Phi) is 3.71. The van der Waals surface area contributed by atoms with Gasteiger partial charge in [-0.05, 0) is 12.1 Å². The van der Waals surface area contributed by atoms with Crippen LogP contribution in [0.1, 0.15) is 20.7 Å². The molecule has 0 atom stereocenters. The first-order chi connectivity index (χ1) is 12.3. The van der Waals surface area contributed by atoms with E-state index in [-0.39, 0.29) is 0 Å². The molecule has 3 aromatic carbocycles. The lowest BCUT2D eigenvalue weighted by atomic mass is 9.95. The zero-order chi connectivity index (χ0) is 17.2. The van der Waals surface area contributed by atoms with Gasteiger partial charge >= 0.3 is 0 Å². The maximum atomic E-state index is 12.8. The summed E-state index contributed by atoms with van der Waals surface area (Å²) in [6.45, 7) is 0. The molecule has 0 aliphatic carbocycles. The van der Waals surface area contributed by atoms with Gasteiger partial charge in [-0.25, -0.2) is 0 Å². The van der Waals surface area contributed by atoms with E-state index >= 15 is 0 Å². The van der Waals surface area contributed by atoms with E-state index in [9.17, 15) is 9.59 Å². The number of carbonyl (C=O) groups excluding carboxylic acids is 2. The van der Waals surface area contributed by atoms with E-state index in [4.69, 9.17) is 4.52 Å². The highest BCUT2D eigenvalue weighted by molar-refractivity contribution is 6.50. The monoisotopic (exact) mass is 327 g/mol.